The largest absolute Gasteiger partial charge is 0.463 e. The van der Waals surface area contributed by atoms with Crippen LogP contribution in [-0.4, -0.2) is 0 Å². The second-order valence-electron chi connectivity index (χ2n) is 6.01. The summed E-state index contributed by atoms with van der Waals surface area (Å²) < 4.78 is 11.6. The number of rotatable bonds is 4. The van der Waals surface area contributed by atoms with Crippen molar-refractivity contribution in [1.82, 2.24) is 0 Å². The van der Waals surface area contributed by atoms with Crippen molar-refractivity contribution in [1.29, 1.82) is 0 Å². The molecule has 124 valence electrons. The number of benzene rings is 2. The fraction of sp³-hybridized carbons (Fsp3) is 0.136. The smallest absolute Gasteiger partial charge is 0.213 e. The highest BCUT2D eigenvalue weighted by Gasteiger charge is 2.10. The predicted octanol–water partition coefficient (Wildman–Crippen LogP) is 3.44. The van der Waals surface area contributed by atoms with Crippen LogP contribution in [0.5, 0.6) is 0 Å². The van der Waals surface area contributed by atoms with Crippen molar-refractivity contribution in [2.45, 2.75) is 19.9 Å². The van der Waals surface area contributed by atoms with E-state index in [1.165, 1.54) is 5.56 Å². The molecule has 0 aliphatic heterocycles. The SMILES string of the molecule is CCc1ccc2oc(-c3ccccc3)cc(=[NH+]Cc3ccco3)c2c1. The van der Waals surface area contributed by atoms with Gasteiger partial charge in [-0.25, -0.2) is 4.99 Å². The lowest BCUT2D eigenvalue weighted by molar-refractivity contribution is -0.519. The van der Waals surface area contributed by atoms with Crippen molar-refractivity contribution in [3.8, 4) is 11.3 Å². The van der Waals surface area contributed by atoms with Crippen molar-refractivity contribution >= 4 is 11.0 Å². The van der Waals surface area contributed by atoms with Crippen LogP contribution >= 0.6 is 0 Å². The fourth-order valence-electron chi connectivity index (χ4n) is 2.94. The molecule has 0 bridgehead atoms. The van der Waals surface area contributed by atoms with Crippen molar-refractivity contribution in [2.75, 3.05) is 0 Å². The van der Waals surface area contributed by atoms with E-state index in [9.17, 15) is 0 Å². The molecule has 0 saturated heterocycles. The molecule has 3 heteroatoms. The molecule has 0 saturated carbocycles. The normalized spacial score (nSPS) is 12.0. The predicted molar refractivity (Wildman–Crippen MR) is 97.5 cm³/mol. The Hall–Kier alpha value is -3.07. The fourth-order valence-corrected chi connectivity index (χ4v) is 2.94. The Kier molecular flexibility index (Phi) is 4.21. The second kappa shape index (κ2) is 6.81. The molecule has 3 nitrogen and oxygen atoms in total. The Bertz CT molecular complexity index is 1040. The average molecular weight is 330 g/mol. The van der Waals surface area contributed by atoms with Gasteiger partial charge in [0.25, 0.3) is 0 Å². The monoisotopic (exact) mass is 330 g/mol. The van der Waals surface area contributed by atoms with Crippen molar-refractivity contribution in [3.63, 3.8) is 0 Å². The Morgan fingerprint density at radius 2 is 1.80 bits per heavy atom. The van der Waals surface area contributed by atoms with E-state index in [-0.39, 0.29) is 0 Å². The molecule has 0 amide bonds. The molecular formula is C22H20NO2+. The summed E-state index contributed by atoms with van der Waals surface area (Å²) >= 11 is 0. The highest BCUT2D eigenvalue weighted by Crippen LogP contribution is 2.22. The van der Waals surface area contributed by atoms with Crippen LogP contribution in [0.4, 0.5) is 0 Å². The van der Waals surface area contributed by atoms with Crippen LogP contribution in [0, 0.1) is 0 Å². The molecule has 2 aromatic heterocycles. The number of fused-ring (bicyclic) bond motifs is 1. The zero-order chi connectivity index (χ0) is 17.1. The molecule has 0 unspecified atom stereocenters. The minimum absolute atomic E-state index is 0.636. The summed E-state index contributed by atoms with van der Waals surface area (Å²) in [6.07, 6.45) is 2.69. The molecule has 0 aliphatic carbocycles. The molecule has 2 heterocycles. The van der Waals surface area contributed by atoms with Gasteiger partial charge in [-0.3, -0.25) is 0 Å². The first-order valence-corrected chi connectivity index (χ1v) is 8.55. The molecule has 4 aromatic rings. The van der Waals surface area contributed by atoms with Crippen LogP contribution in [0.25, 0.3) is 22.3 Å². The first-order valence-electron chi connectivity index (χ1n) is 8.55. The number of furan rings is 1. The maximum absolute atomic E-state index is 6.16. The van der Waals surface area contributed by atoms with Crippen LogP contribution < -0.4 is 10.3 Å². The zero-order valence-corrected chi connectivity index (χ0v) is 14.2. The van der Waals surface area contributed by atoms with E-state index >= 15 is 0 Å². The van der Waals surface area contributed by atoms with Crippen LogP contribution in [0.3, 0.4) is 0 Å². The third-order valence-corrected chi connectivity index (χ3v) is 4.33. The van der Waals surface area contributed by atoms with Crippen LogP contribution in [0.2, 0.25) is 0 Å². The van der Waals surface area contributed by atoms with E-state index in [0.29, 0.717) is 6.54 Å². The maximum atomic E-state index is 6.16. The summed E-state index contributed by atoms with van der Waals surface area (Å²) in [6, 6.07) is 22.5. The summed E-state index contributed by atoms with van der Waals surface area (Å²) in [5, 5.41) is 2.14. The Labute approximate surface area is 146 Å². The molecule has 1 N–H and O–H groups in total. The molecule has 0 atom stereocenters. The van der Waals surface area contributed by atoms with Gasteiger partial charge in [-0.15, -0.1) is 0 Å². The highest BCUT2D eigenvalue weighted by atomic mass is 16.3. The van der Waals surface area contributed by atoms with Crippen LogP contribution in [-0.2, 0) is 13.0 Å². The molecule has 0 aliphatic rings. The second-order valence-corrected chi connectivity index (χ2v) is 6.01. The quantitative estimate of drug-likeness (QED) is 0.623. The lowest BCUT2D eigenvalue weighted by Crippen LogP contribution is -2.75. The van der Waals surface area contributed by atoms with Gasteiger partial charge >= 0.3 is 0 Å². The van der Waals surface area contributed by atoms with E-state index in [1.54, 1.807) is 6.26 Å². The maximum Gasteiger partial charge on any atom is 0.213 e. The average Bonchev–Trinajstić information content (AvgIpc) is 3.20. The zero-order valence-electron chi connectivity index (χ0n) is 14.2. The van der Waals surface area contributed by atoms with Gasteiger partial charge in [-0.2, -0.15) is 0 Å². The van der Waals surface area contributed by atoms with Gasteiger partial charge < -0.3 is 8.83 Å². The van der Waals surface area contributed by atoms with E-state index in [1.807, 2.05) is 30.3 Å². The van der Waals surface area contributed by atoms with Crippen molar-refractivity contribution in [2.24, 2.45) is 0 Å². The summed E-state index contributed by atoms with van der Waals surface area (Å²) in [5.41, 5.74) is 3.22. The van der Waals surface area contributed by atoms with Gasteiger partial charge in [-0.1, -0.05) is 43.3 Å². The molecule has 2 aromatic carbocycles. The first-order chi connectivity index (χ1) is 12.3. The third kappa shape index (κ3) is 3.26. The summed E-state index contributed by atoms with van der Waals surface area (Å²) in [4.78, 5) is 3.50. The van der Waals surface area contributed by atoms with Gasteiger partial charge in [0.2, 0.25) is 5.36 Å². The molecule has 25 heavy (non-hydrogen) atoms. The van der Waals surface area contributed by atoms with Crippen molar-refractivity contribution in [3.05, 3.63) is 89.7 Å². The van der Waals surface area contributed by atoms with E-state index < -0.39 is 0 Å². The highest BCUT2D eigenvalue weighted by molar-refractivity contribution is 5.78. The Balaban J connectivity index is 1.91. The lowest BCUT2D eigenvalue weighted by Gasteiger charge is -2.04. The van der Waals surface area contributed by atoms with Crippen LogP contribution in [0.15, 0.2) is 81.8 Å². The molecule has 4 rings (SSSR count). The van der Waals surface area contributed by atoms with E-state index in [4.69, 9.17) is 8.83 Å². The number of aryl methyl sites for hydroxylation is 1. The molecular weight excluding hydrogens is 310 g/mol. The van der Waals surface area contributed by atoms with Gasteiger partial charge in [0.15, 0.2) is 12.3 Å². The Morgan fingerprint density at radius 1 is 0.920 bits per heavy atom. The standard InChI is InChI=1S/C22H19NO2/c1-2-16-10-11-21-19(13-16)20(23-15-18-9-6-12-24-18)14-22(25-21)17-7-4-3-5-8-17/h3-14H,2,15H2,1H3/p+1. The van der Waals surface area contributed by atoms with Gasteiger partial charge in [0, 0.05) is 5.56 Å². The molecule has 0 spiro atoms. The third-order valence-electron chi connectivity index (χ3n) is 4.33. The van der Waals surface area contributed by atoms with Gasteiger partial charge in [0.1, 0.15) is 11.3 Å². The summed E-state index contributed by atoms with van der Waals surface area (Å²) in [7, 11) is 0. The van der Waals surface area contributed by atoms with Gasteiger partial charge in [0.05, 0.1) is 17.7 Å². The van der Waals surface area contributed by atoms with Crippen LogP contribution in [0.1, 0.15) is 18.2 Å². The number of nitrogens with one attached hydrogen (secondary N) is 1. The molecule has 0 fully saturated rings. The number of hydrogen-bond acceptors (Lipinski definition) is 2. The minimum Gasteiger partial charge on any atom is -0.463 e. The van der Waals surface area contributed by atoms with Gasteiger partial charge in [-0.05, 0) is 36.2 Å². The Morgan fingerprint density at radius 3 is 2.56 bits per heavy atom. The number of hydrogen-bond donors (Lipinski definition) is 1. The van der Waals surface area contributed by atoms with E-state index in [2.05, 4.69) is 48.3 Å². The topological polar surface area (TPSA) is 40.2 Å². The summed E-state index contributed by atoms with van der Waals surface area (Å²) in [6.45, 7) is 2.79. The minimum atomic E-state index is 0.636. The lowest BCUT2D eigenvalue weighted by atomic mass is 10.1. The van der Waals surface area contributed by atoms with E-state index in [0.717, 1.165) is 39.8 Å². The summed E-state index contributed by atoms with van der Waals surface area (Å²) in [5.74, 6) is 1.75. The first kappa shape index (κ1) is 15.5. The van der Waals surface area contributed by atoms with Crippen molar-refractivity contribution < 1.29 is 13.8 Å². The molecule has 0 radical (unpaired) electrons.